The molecule has 0 bridgehead atoms. The van der Waals surface area contributed by atoms with Gasteiger partial charge in [0.15, 0.2) is 0 Å². The summed E-state index contributed by atoms with van der Waals surface area (Å²) in [4.78, 5) is 37.1. The number of carbonyl (C=O) groups is 2. The Morgan fingerprint density at radius 1 is 0.870 bits per heavy atom. The molecule has 1 aromatic heterocycles. The third-order valence-electron chi connectivity index (χ3n) is 4.49. The molecule has 0 radical (unpaired) electrons. The number of hydrogen-bond donors (Lipinski definition) is 0. The zero-order valence-electron chi connectivity index (χ0n) is 12.6. The Morgan fingerprint density at radius 3 is 2.00 bits per heavy atom. The van der Waals surface area contributed by atoms with Crippen molar-refractivity contribution >= 4 is 17.8 Å². The third kappa shape index (κ3) is 2.27. The largest absolute Gasteiger partial charge is 0.341 e. The van der Waals surface area contributed by atoms with Gasteiger partial charge in [-0.15, -0.1) is 0 Å². The number of imide groups is 1. The maximum absolute atomic E-state index is 12.5. The summed E-state index contributed by atoms with van der Waals surface area (Å²) in [5.41, 5.74) is 1.04. The molecular formula is C17H16N4O2. The Kier molecular flexibility index (Phi) is 3.29. The van der Waals surface area contributed by atoms with Crippen LogP contribution in [0.3, 0.4) is 0 Å². The Labute approximate surface area is 133 Å². The maximum atomic E-state index is 12.5. The maximum Gasteiger partial charge on any atom is 0.261 e. The fourth-order valence-electron chi connectivity index (χ4n) is 3.32. The lowest BCUT2D eigenvalue weighted by atomic mass is 10.0. The van der Waals surface area contributed by atoms with Crippen LogP contribution < -0.4 is 4.90 Å². The van der Waals surface area contributed by atoms with E-state index >= 15 is 0 Å². The van der Waals surface area contributed by atoms with Crippen LogP contribution in [-0.4, -0.2) is 45.8 Å². The molecule has 1 aromatic carbocycles. The van der Waals surface area contributed by atoms with Gasteiger partial charge in [0, 0.05) is 31.5 Å². The predicted octanol–water partition coefficient (Wildman–Crippen LogP) is 1.74. The van der Waals surface area contributed by atoms with Crippen molar-refractivity contribution in [2.75, 3.05) is 18.0 Å². The second-order valence-electron chi connectivity index (χ2n) is 5.79. The average molecular weight is 308 g/mol. The summed E-state index contributed by atoms with van der Waals surface area (Å²) in [6.45, 7) is 1.48. The van der Waals surface area contributed by atoms with E-state index in [2.05, 4.69) is 14.9 Å². The molecule has 23 heavy (non-hydrogen) atoms. The van der Waals surface area contributed by atoms with Gasteiger partial charge in [0.05, 0.1) is 11.1 Å². The normalized spacial score (nSPS) is 18.4. The predicted molar refractivity (Wildman–Crippen MR) is 84.2 cm³/mol. The van der Waals surface area contributed by atoms with Crippen LogP contribution in [0.1, 0.15) is 33.6 Å². The SMILES string of the molecule is O=C1c2ccccc2C(=O)N1C1CCN(c2ncccn2)CC1. The van der Waals surface area contributed by atoms with Crippen LogP contribution in [-0.2, 0) is 0 Å². The molecule has 4 rings (SSSR count). The number of piperidine rings is 1. The topological polar surface area (TPSA) is 66.4 Å². The molecule has 2 amide bonds. The van der Waals surface area contributed by atoms with Crippen LogP contribution in [0.15, 0.2) is 42.7 Å². The minimum Gasteiger partial charge on any atom is -0.341 e. The zero-order chi connectivity index (χ0) is 15.8. The van der Waals surface area contributed by atoms with Crippen molar-refractivity contribution in [1.82, 2.24) is 14.9 Å². The lowest BCUT2D eigenvalue weighted by Gasteiger charge is -2.35. The van der Waals surface area contributed by atoms with Gasteiger partial charge in [0.1, 0.15) is 0 Å². The molecule has 3 heterocycles. The molecule has 6 heteroatoms. The van der Waals surface area contributed by atoms with Crippen molar-refractivity contribution < 1.29 is 9.59 Å². The van der Waals surface area contributed by atoms with Crippen LogP contribution in [0.5, 0.6) is 0 Å². The molecule has 0 spiro atoms. The van der Waals surface area contributed by atoms with Gasteiger partial charge in [-0.2, -0.15) is 0 Å². The molecule has 0 atom stereocenters. The highest BCUT2D eigenvalue weighted by Gasteiger charge is 2.40. The number of rotatable bonds is 2. The van der Waals surface area contributed by atoms with E-state index in [4.69, 9.17) is 0 Å². The fourth-order valence-corrected chi connectivity index (χ4v) is 3.32. The molecule has 0 saturated carbocycles. The first kappa shape index (κ1) is 13.9. The van der Waals surface area contributed by atoms with Gasteiger partial charge in [-0.25, -0.2) is 9.97 Å². The van der Waals surface area contributed by atoms with Gasteiger partial charge in [0.25, 0.3) is 11.8 Å². The number of anilines is 1. The molecule has 0 N–H and O–H groups in total. The van der Waals surface area contributed by atoms with Crippen LogP contribution in [0.2, 0.25) is 0 Å². The standard InChI is InChI=1S/C17H16N4O2/c22-15-13-4-1-2-5-14(13)16(23)21(15)12-6-10-20(11-7-12)17-18-8-3-9-19-17/h1-5,8-9,12H,6-7,10-11H2. The van der Waals surface area contributed by atoms with Crippen molar-refractivity contribution in [3.63, 3.8) is 0 Å². The van der Waals surface area contributed by atoms with E-state index in [1.165, 1.54) is 4.90 Å². The minimum atomic E-state index is -0.167. The molecular weight excluding hydrogens is 292 g/mol. The second kappa shape index (κ2) is 5.46. The first-order valence-electron chi connectivity index (χ1n) is 7.74. The van der Waals surface area contributed by atoms with Crippen molar-refractivity contribution in [2.45, 2.75) is 18.9 Å². The summed E-state index contributed by atoms with van der Waals surface area (Å²) in [7, 11) is 0. The molecule has 1 fully saturated rings. The van der Waals surface area contributed by atoms with Crippen LogP contribution >= 0.6 is 0 Å². The average Bonchev–Trinajstić information content (AvgIpc) is 2.87. The summed E-state index contributed by atoms with van der Waals surface area (Å²) in [5.74, 6) is 0.369. The highest BCUT2D eigenvalue weighted by Crippen LogP contribution is 2.29. The van der Waals surface area contributed by atoms with E-state index in [1.54, 1.807) is 42.7 Å². The number of hydrogen-bond acceptors (Lipinski definition) is 5. The first-order chi connectivity index (χ1) is 11.3. The molecule has 0 aliphatic carbocycles. The molecule has 0 unspecified atom stereocenters. The van der Waals surface area contributed by atoms with Gasteiger partial charge in [-0.05, 0) is 31.0 Å². The Balaban J connectivity index is 1.50. The molecule has 2 aliphatic rings. The lowest BCUT2D eigenvalue weighted by molar-refractivity contribution is 0.0561. The van der Waals surface area contributed by atoms with Gasteiger partial charge in [-0.1, -0.05) is 12.1 Å². The van der Waals surface area contributed by atoms with Crippen molar-refractivity contribution in [2.24, 2.45) is 0 Å². The van der Waals surface area contributed by atoms with E-state index < -0.39 is 0 Å². The fraction of sp³-hybridized carbons (Fsp3) is 0.294. The zero-order valence-corrected chi connectivity index (χ0v) is 12.6. The van der Waals surface area contributed by atoms with Crippen molar-refractivity contribution in [1.29, 1.82) is 0 Å². The first-order valence-corrected chi connectivity index (χ1v) is 7.74. The van der Waals surface area contributed by atoms with Crippen LogP contribution in [0.4, 0.5) is 5.95 Å². The third-order valence-corrected chi connectivity index (χ3v) is 4.49. The highest BCUT2D eigenvalue weighted by molar-refractivity contribution is 6.21. The van der Waals surface area contributed by atoms with E-state index in [1.807, 2.05) is 0 Å². The van der Waals surface area contributed by atoms with Crippen molar-refractivity contribution in [3.05, 3.63) is 53.9 Å². The van der Waals surface area contributed by atoms with Gasteiger partial charge in [-0.3, -0.25) is 14.5 Å². The quantitative estimate of drug-likeness (QED) is 0.791. The monoisotopic (exact) mass is 308 g/mol. The number of aromatic nitrogens is 2. The highest BCUT2D eigenvalue weighted by atomic mass is 16.2. The number of nitrogens with zero attached hydrogens (tertiary/aromatic N) is 4. The van der Waals surface area contributed by atoms with Gasteiger partial charge >= 0.3 is 0 Å². The summed E-state index contributed by atoms with van der Waals surface area (Å²) in [6.07, 6.45) is 4.92. The summed E-state index contributed by atoms with van der Waals surface area (Å²) < 4.78 is 0. The second-order valence-corrected chi connectivity index (χ2v) is 5.79. The Hall–Kier alpha value is -2.76. The van der Waals surface area contributed by atoms with E-state index in [0.717, 1.165) is 25.9 Å². The summed E-state index contributed by atoms with van der Waals surface area (Å²) in [6, 6.07) is 8.77. The van der Waals surface area contributed by atoms with E-state index in [-0.39, 0.29) is 17.9 Å². The Bertz CT molecular complexity index is 719. The Morgan fingerprint density at radius 2 is 1.43 bits per heavy atom. The molecule has 2 aliphatic heterocycles. The summed E-state index contributed by atoms with van der Waals surface area (Å²) >= 11 is 0. The number of carbonyl (C=O) groups excluding carboxylic acids is 2. The number of amides is 2. The molecule has 116 valence electrons. The molecule has 6 nitrogen and oxygen atoms in total. The lowest BCUT2D eigenvalue weighted by Crippen LogP contribution is -2.47. The summed E-state index contributed by atoms with van der Waals surface area (Å²) in [5, 5.41) is 0. The minimum absolute atomic E-state index is 0.0534. The van der Waals surface area contributed by atoms with E-state index in [9.17, 15) is 9.59 Å². The van der Waals surface area contributed by atoms with Gasteiger partial charge < -0.3 is 4.90 Å². The molecule has 2 aromatic rings. The smallest absolute Gasteiger partial charge is 0.261 e. The number of benzene rings is 1. The molecule has 1 saturated heterocycles. The van der Waals surface area contributed by atoms with Gasteiger partial charge in [0.2, 0.25) is 5.95 Å². The number of fused-ring (bicyclic) bond motifs is 1. The van der Waals surface area contributed by atoms with Crippen LogP contribution in [0.25, 0.3) is 0 Å². The van der Waals surface area contributed by atoms with Crippen LogP contribution in [0, 0.1) is 0 Å². The van der Waals surface area contributed by atoms with E-state index in [0.29, 0.717) is 17.1 Å². The van der Waals surface area contributed by atoms with Crippen molar-refractivity contribution in [3.8, 4) is 0 Å².